The Labute approximate surface area is 137 Å². The molecule has 1 aromatic carbocycles. The van der Waals surface area contributed by atoms with Crippen LogP contribution in [-0.2, 0) is 5.41 Å². The minimum absolute atomic E-state index is 0.121. The Hall–Kier alpha value is -1.60. The fraction of sp³-hybridized carbons (Fsp3) is 0.429. The summed E-state index contributed by atoms with van der Waals surface area (Å²) in [5, 5.41) is 10.5. The van der Waals surface area contributed by atoms with Crippen molar-refractivity contribution < 1.29 is 5.11 Å². The second-order valence-corrected chi connectivity index (χ2v) is 6.09. The van der Waals surface area contributed by atoms with Crippen LogP contribution in [0, 0.1) is 0 Å². The summed E-state index contributed by atoms with van der Waals surface area (Å²) >= 11 is 0. The maximum absolute atomic E-state index is 10.5. The van der Waals surface area contributed by atoms with Gasteiger partial charge in [0.2, 0.25) is 0 Å². The van der Waals surface area contributed by atoms with Gasteiger partial charge in [-0.3, -0.25) is 0 Å². The van der Waals surface area contributed by atoms with Gasteiger partial charge in [0.25, 0.3) is 0 Å². The van der Waals surface area contributed by atoms with Crippen molar-refractivity contribution in [3.8, 4) is 0 Å². The third-order valence-electron chi connectivity index (χ3n) is 3.52. The molecule has 1 rings (SSSR count). The normalized spacial score (nSPS) is 13.0. The highest BCUT2D eigenvalue weighted by molar-refractivity contribution is 5.40. The topological polar surface area (TPSA) is 20.2 Å². The molecule has 0 heterocycles. The van der Waals surface area contributed by atoms with Crippen molar-refractivity contribution in [3.63, 3.8) is 0 Å². The van der Waals surface area contributed by atoms with E-state index >= 15 is 0 Å². The molecule has 0 aliphatic heterocycles. The molecule has 0 saturated carbocycles. The number of hydrogen-bond donors (Lipinski definition) is 1. The number of aliphatic hydroxyl groups is 1. The van der Waals surface area contributed by atoms with Gasteiger partial charge in [0.15, 0.2) is 0 Å². The van der Waals surface area contributed by atoms with Crippen LogP contribution in [0.25, 0.3) is 0 Å². The van der Waals surface area contributed by atoms with E-state index in [4.69, 9.17) is 0 Å². The Kier molecular flexibility index (Phi) is 8.74. The van der Waals surface area contributed by atoms with E-state index in [1.54, 1.807) is 6.08 Å². The largest absolute Gasteiger partial charge is 0.384 e. The summed E-state index contributed by atoms with van der Waals surface area (Å²) in [5.74, 6) is 0. The lowest BCUT2D eigenvalue weighted by Crippen LogP contribution is -2.11. The minimum Gasteiger partial charge on any atom is -0.384 e. The van der Waals surface area contributed by atoms with E-state index in [0.717, 1.165) is 23.1 Å². The highest BCUT2D eigenvalue weighted by Crippen LogP contribution is 2.30. The van der Waals surface area contributed by atoms with Crippen LogP contribution in [-0.4, -0.2) is 5.11 Å². The number of benzene rings is 1. The van der Waals surface area contributed by atoms with Crippen LogP contribution in [0.15, 0.2) is 60.7 Å². The summed E-state index contributed by atoms with van der Waals surface area (Å²) in [6, 6.07) is 8.15. The fourth-order valence-corrected chi connectivity index (χ4v) is 2.08. The third kappa shape index (κ3) is 5.65. The van der Waals surface area contributed by atoms with Crippen molar-refractivity contribution in [2.75, 3.05) is 0 Å². The Morgan fingerprint density at radius 3 is 2.05 bits per heavy atom. The number of hydrogen-bond acceptors (Lipinski definition) is 1. The van der Waals surface area contributed by atoms with Crippen LogP contribution < -0.4 is 0 Å². The van der Waals surface area contributed by atoms with Crippen molar-refractivity contribution in [1.82, 2.24) is 0 Å². The third-order valence-corrected chi connectivity index (χ3v) is 3.52. The number of allylic oxidation sites excluding steroid dienone is 2. The highest BCUT2D eigenvalue weighted by atomic mass is 16.3. The molecule has 0 aromatic heterocycles. The summed E-state index contributed by atoms with van der Waals surface area (Å²) in [7, 11) is 0. The molecule has 0 amide bonds. The van der Waals surface area contributed by atoms with Gasteiger partial charge in [0, 0.05) is 0 Å². The van der Waals surface area contributed by atoms with Crippen LogP contribution >= 0.6 is 0 Å². The van der Waals surface area contributed by atoms with Crippen molar-refractivity contribution in [2.45, 2.75) is 59.5 Å². The van der Waals surface area contributed by atoms with Crippen LogP contribution in [0.3, 0.4) is 0 Å². The first-order valence-electron chi connectivity index (χ1n) is 8.10. The second kappa shape index (κ2) is 9.42. The van der Waals surface area contributed by atoms with E-state index in [0.29, 0.717) is 0 Å². The summed E-state index contributed by atoms with van der Waals surface area (Å²) in [6.07, 6.45) is 3.71. The number of aliphatic hydroxyl groups excluding tert-OH is 1. The van der Waals surface area contributed by atoms with Gasteiger partial charge in [-0.2, -0.15) is 0 Å². The van der Waals surface area contributed by atoms with E-state index in [1.807, 2.05) is 39.0 Å². The molecule has 0 bridgehead atoms. The first-order chi connectivity index (χ1) is 10.3. The van der Waals surface area contributed by atoms with Gasteiger partial charge in [0.1, 0.15) is 6.10 Å². The van der Waals surface area contributed by atoms with Crippen LogP contribution in [0.4, 0.5) is 0 Å². The average molecular weight is 300 g/mol. The van der Waals surface area contributed by atoms with E-state index in [9.17, 15) is 5.11 Å². The zero-order valence-corrected chi connectivity index (χ0v) is 15.1. The van der Waals surface area contributed by atoms with Gasteiger partial charge < -0.3 is 5.11 Å². The molecule has 0 fully saturated rings. The molecule has 122 valence electrons. The Morgan fingerprint density at radius 1 is 1.18 bits per heavy atom. The summed E-state index contributed by atoms with van der Waals surface area (Å²) in [4.78, 5) is 0. The van der Waals surface area contributed by atoms with Gasteiger partial charge >= 0.3 is 0 Å². The zero-order valence-electron chi connectivity index (χ0n) is 15.1. The fourth-order valence-electron chi connectivity index (χ4n) is 2.08. The molecule has 0 aliphatic rings. The summed E-state index contributed by atoms with van der Waals surface area (Å²) in [6.45, 7) is 20.3. The molecule has 0 spiro atoms. The van der Waals surface area contributed by atoms with Gasteiger partial charge in [0.05, 0.1) is 0 Å². The van der Waals surface area contributed by atoms with Crippen molar-refractivity contribution in [1.29, 1.82) is 0 Å². The van der Waals surface area contributed by atoms with E-state index < -0.39 is 6.10 Å². The minimum atomic E-state index is -0.644. The van der Waals surface area contributed by atoms with Crippen molar-refractivity contribution in [3.05, 3.63) is 71.8 Å². The van der Waals surface area contributed by atoms with Crippen LogP contribution in [0.1, 0.15) is 65.2 Å². The van der Waals surface area contributed by atoms with Crippen molar-refractivity contribution in [2.24, 2.45) is 0 Å². The molecule has 1 heteroatoms. The van der Waals surface area contributed by atoms with Gasteiger partial charge in [-0.05, 0) is 34.1 Å². The Balaban J connectivity index is 0.00000211. The molecule has 1 nitrogen and oxygen atoms in total. The lowest BCUT2D eigenvalue weighted by atomic mass is 9.85. The predicted octanol–water partition coefficient (Wildman–Crippen LogP) is 6.12. The van der Waals surface area contributed by atoms with E-state index in [1.165, 1.54) is 5.56 Å². The number of rotatable bonds is 5. The maximum Gasteiger partial charge on any atom is 0.104 e. The SMILES string of the molecule is C=C/C=C(\C(=C)CC)C(O)c1ccc(C(C)(C)C)cc1.CC. The quantitative estimate of drug-likeness (QED) is 0.649. The molecule has 22 heavy (non-hydrogen) atoms. The summed E-state index contributed by atoms with van der Waals surface area (Å²) in [5.41, 5.74) is 4.05. The van der Waals surface area contributed by atoms with Crippen molar-refractivity contribution >= 4 is 0 Å². The zero-order chi connectivity index (χ0) is 17.3. The monoisotopic (exact) mass is 300 g/mol. The summed E-state index contributed by atoms with van der Waals surface area (Å²) < 4.78 is 0. The van der Waals surface area contributed by atoms with E-state index in [2.05, 4.69) is 46.1 Å². The first-order valence-corrected chi connectivity index (χ1v) is 8.10. The molecule has 0 radical (unpaired) electrons. The molecule has 0 saturated heterocycles. The molecule has 1 aromatic rings. The molecule has 1 unspecified atom stereocenters. The average Bonchev–Trinajstić information content (AvgIpc) is 2.52. The highest BCUT2D eigenvalue weighted by Gasteiger charge is 2.17. The van der Waals surface area contributed by atoms with E-state index in [-0.39, 0.29) is 5.41 Å². The molecule has 1 atom stereocenters. The van der Waals surface area contributed by atoms with Crippen LogP contribution in [0.2, 0.25) is 0 Å². The maximum atomic E-state index is 10.5. The predicted molar refractivity (Wildman–Crippen MR) is 99.2 cm³/mol. The van der Waals surface area contributed by atoms with Gasteiger partial charge in [-0.1, -0.05) is 91.1 Å². The molecular weight excluding hydrogens is 268 g/mol. The molecular formula is C21H32O. The lowest BCUT2D eigenvalue weighted by molar-refractivity contribution is 0.217. The Bertz CT molecular complexity index is 498. The lowest BCUT2D eigenvalue weighted by Gasteiger charge is -2.21. The first kappa shape index (κ1) is 20.4. The standard InChI is InChI=1S/C19H26O.C2H6/c1-7-9-17(14(3)8-2)18(20)15-10-12-16(13-11-15)19(4,5)6;1-2/h7,9-13,18,20H,1,3,8H2,2,4-6H3;1-2H3/b17-9+;. The van der Waals surface area contributed by atoms with Gasteiger partial charge in [-0.25, -0.2) is 0 Å². The van der Waals surface area contributed by atoms with Crippen LogP contribution in [0.5, 0.6) is 0 Å². The molecule has 1 N–H and O–H groups in total. The second-order valence-electron chi connectivity index (χ2n) is 6.09. The Morgan fingerprint density at radius 2 is 1.68 bits per heavy atom. The smallest absolute Gasteiger partial charge is 0.104 e. The van der Waals surface area contributed by atoms with Gasteiger partial charge in [-0.15, -0.1) is 0 Å². The molecule has 0 aliphatic carbocycles.